The Morgan fingerprint density at radius 1 is 1.17 bits per heavy atom. The predicted octanol–water partition coefficient (Wildman–Crippen LogP) is 2.73. The molecule has 6 heterocycles. The lowest BCUT2D eigenvalue weighted by Gasteiger charge is -2.56. The summed E-state index contributed by atoms with van der Waals surface area (Å²) in [4.78, 5) is 11.1. The van der Waals surface area contributed by atoms with E-state index in [-0.39, 0.29) is 11.4 Å². The van der Waals surface area contributed by atoms with E-state index in [4.69, 9.17) is 21.3 Å². The molecular formula is C25H24ClFN6O3. The fourth-order valence-electron chi connectivity index (χ4n) is 4.91. The van der Waals surface area contributed by atoms with Crippen LogP contribution < -0.4 is 15.0 Å². The van der Waals surface area contributed by atoms with Crippen LogP contribution in [-0.4, -0.2) is 62.3 Å². The third-order valence-electron chi connectivity index (χ3n) is 6.86. The molecule has 3 N–H and O–H groups in total. The average molecular weight is 511 g/mol. The number of aryl methyl sites for hydroxylation is 1. The second kappa shape index (κ2) is 8.67. The molecule has 4 aromatic heterocycles. The van der Waals surface area contributed by atoms with Crippen LogP contribution in [0.2, 0.25) is 5.02 Å². The van der Waals surface area contributed by atoms with Crippen molar-refractivity contribution in [1.82, 2.24) is 24.9 Å². The molecule has 1 atom stereocenters. The predicted molar refractivity (Wildman–Crippen MR) is 131 cm³/mol. The lowest BCUT2D eigenvalue weighted by Crippen LogP contribution is -2.71. The van der Waals surface area contributed by atoms with Gasteiger partial charge in [-0.1, -0.05) is 11.6 Å². The van der Waals surface area contributed by atoms with Crippen molar-refractivity contribution in [1.29, 1.82) is 0 Å². The van der Waals surface area contributed by atoms with E-state index in [9.17, 15) is 14.6 Å². The summed E-state index contributed by atoms with van der Waals surface area (Å²) in [5, 5.41) is 28.0. The number of halogens is 2. The Hall–Kier alpha value is -3.31. The summed E-state index contributed by atoms with van der Waals surface area (Å²) >= 11 is 6.38. The smallest absolute Gasteiger partial charge is 0.195 e. The van der Waals surface area contributed by atoms with Crippen molar-refractivity contribution < 1.29 is 19.3 Å². The number of aromatic nitrogens is 4. The maximum Gasteiger partial charge on any atom is 0.195 e. The molecule has 1 spiro atoms. The minimum Gasteiger partial charge on any atom is -0.476 e. The molecule has 2 fully saturated rings. The van der Waals surface area contributed by atoms with Crippen LogP contribution in [0.4, 0.5) is 10.2 Å². The molecule has 36 heavy (non-hydrogen) atoms. The second-order valence-corrected chi connectivity index (χ2v) is 9.90. The maximum absolute atomic E-state index is 13.4. The summed E-state index contributed by atoms with van der Waals surface area (Å²) < 4.78 is 21.0. The molecule has 2 aliphatic rings. The number of fused-ring (bicyclic) bond motifs is 1. The number of ether oxygens (including phenoxy) is 1. The van der Waals surface area contributed by atoms with E-state index >= 15 is 0 Å². The van der Waals surface area contributed by atoms with Crippen LogP contribution in [0.3, 0.4) is 0 Å². The van der Waals surface area contributed by atoms with Gasteiger partial charge in [0.2, 0.25) is 0 Å². The van der Waals surface area contributed by atoms with Crippen molar-refractivity contribution >= 4 is 22.9 Å². The van der Waals surface area contributed by atoms with Gasteiger partial charge in [0.1, 0.15) is 22.9 Å². The summed E-state index contributed by atoms with van der Waals surface area (Å²) in [5.74, 6) is 0.668. The number of hydrogen-bond acceptors (Lipinski definition) is 8. The molecule has 4 aromatic rings. The number of nitrogens with one attached hydrogen (secondary N) is 1. The molecule has 0 bridgehead atoms. The van der Waals surface area contributed by atoms with E-state index in [0.717, 1.165) is 55.0 Å². The standard InChI is InChI=1S/C25H24ClFN6O3/c1-14-17(3-5-21(31-14)32-12-25(13-32)10-28-11-25)15-6-20(22-18(26)8-30-33(22)9-15)36-23(24(34)35)19-4-2-16(27)7-29-19/h2-9,23-24,28,34-35H,10-13H2,1H3/t23-/m0/s1. The summed E-state index contributed by atoms with van der Waals surface area (Å²) in [5.41, 5.74) is 3.48. The number of aliphatic hydroxyl groups is 2. The number of anilines is 1. The highest BCUT2D eigenvalue weighted by molar-refractivity contribution is 6.34. The van der Waals surface area contributed by atoms with Crippen LogP contribution in [0.25, 0.3) is 16.6 Å². The molecule has 186 valence electrons. The summed E-state index contributed by atoms with van der Waals surface area (Å²) in [6, 6.07) is 8.29. The molecule has 0 aliphatic carbocycles. The first-order valence-electron chi connectivity index (χ1n) is 11.6. The quantitative estimate of drug-likeness (QED) is 0.340. The van der Waals surface area contributed by atoms with Crippen molar-refractivity contribution in [3.05, 3.63) is 71.2 Å². The highest BCUT2D eigenvalue weighted by Gasteiger charge is 2.47. The van der Waals surface area contributed by atoms with E-state index in [2.05, 4.69) is 20.3 Å². The van der Waals surface area contributed by atoms with Crippen LogP contribution >= 0.6 is 11.6 Å². The van der Waals surface area contributed by atoms with Gasteiger partial charge >= 0.3 is 0 Å². The topological polar surface area (TPSA) is 108 Å². The van der Waals surface area contributed by atoms with E-state index in [1.54, 1.807) is 10.6 Å². The van der Waals surface area contributed by atoms with Gasteiger partial charge in [-0.05, 0) is 37.3 Å². The first-order valence-corrected chi connectivity index (χ1v) is 11.9. The molecule has 0 saturated carbocycles. The van der Waals surface area contributed by atoms with Gasteiger partial charge in [0.25, 0.3) is 0 Å². The highest BCUT2D eigenvalue weighted by Crippen LogP contribution is 2.39. The summed E-state index contributed by atoms with van der Waals surface area (Å²) in [6.45, 7) is 6.08. The molecule has 0 radical (unpaired) electrons. The third-order valence-corrected chi connectivity index (χ3v) is 7.13. The number of pyridine rings is 3. The Morgan fingerprint density at radius 3 is 2.61 bits per heavy atom. The second-order valence-electron chi connectivity index (χ2n) is 9.49. The fourth-order valence-corrected chi connectivity index (χ4v) is 5.13. The minimum atomic E-state index is -1.92. The van der Waals surface area contributed by atoms with Gasteiger partial charge in [-0.2, -0.15) is 5.10 Å². The SMILES string of the molecule is Cc1nc(N2CC3(CNC3)C2)ccc1-c1cc(O[C@@H](c2ccc(F)cn2)C(O)O)c2c(Cl)cnn2c1. The van der Waals surface area contributed by atoms with Crippen LogP contribution in [0.15, 0.2) is 48.9 Å². The number of aliphatic hydroxyl groups excluding tert-OH is 1. The molecule has 0 amide bonds. The Kier molecular flexibility index (Phi) is 5.56. The number of hydrogen-bond donors (Lipinski definition) is 3. The zero-order chi connectivity index (χ0) is 25.0. The van der Waals surface area contributed by atoms with Crippen molar-refractivity contribution in [2.24, 2.45) is 5.41 Å². The van der Waals surface area contributed by atoms with E-state index in [1.165, 1.54) is 18.3 Å². The molecule has 0 aromatic carbocycles. The Balaban J connectivity index is 1.35. The largest absolute Gasteiger partial charge is 0.476 e. The molecule has 11 heteroatoms. The van der Waals surface area contributed by atoms with Crippen molar-refractivity contribution in [3.63, 3.8) is 0 Å². The van der Waals surface area contributed by atoms with Gasteiger partial charge in [-0.25, -0.2) is 13.9 Å². The Bertz CT molecular complexity index is 1430. The van der Waals surface area contributed by atoms with Gasteiger partial charge < -0.3 is 25.2 Å². The first-order chi connectivity index (χ1) is 17.3. The molecule has 2 aliphatic heterocycles. The Morgan fingerprint density at radius 2 is 1.97 bits per heavy atom. The highest BCUT2D eigenvalue weighted by atomic mass is 35.5. The monoisotopic (exact) mass is 510 g/mol. The molecular weight excluding hydrogens is 487 g/mol. The van der Waals surface area contributed by atoms with Gasteiger partial charge in [-0.15, -0.1) is 0 Å². The van der Waals surface area contributed by atoms with Crippen LogP contribution in [0, 0.1) is 18.2 Å². The minimum absolute atomic E-state index is 0.154. The zero-order valence-corrected chi connectivity index (χ0v) is 20.2. The van der Waals surface area contributed by atoms with Crippen molar-refractivity contribution in [3.8, 4) is 16.9 Å². The van der Waals surface area contributed by atoms with Crippen molar-refractivity contribution in [2.75, 3.05) is 31.1 Å². The van der Waals surface area contributed by atoms with Gasteiger partial charge in [0.05, 0.1) is 23.1 Å². The third kappa shape index (κ3) is 3.96. The average Bonchev–Trinajstić information content (AvgIpc) is 3.17. The number of nitrogens with zero attached hydrogens (tertiary/aromatic N) is 5. The lowest BCUT2D eigenvalue weighted by atomic mass is 9.74. The Labute approximate surface area is 211 Å². The normalized spacial score (nSPS) is 17.3. The first kappa shape index (κ1) is 23.1. The zero-order valence-electron chi connectivity index (χ0n) is 19.4. The van der Waals surface area contributed by atoms with E-state index in [1.807, 2.05) is 25.3 Å². The summed E-state index contributed by atoms with van der Waals surface area (Å²) in [7, 11) is 0. The van der Waals surface area contributed by atoms with E-state index < -0.39 is 18.2 Å². The molecule has 0 unspecified atom stereocenters. The molecule has 2 saturated heterocycles. The summed E-state index contributed by atoms with van der Waals surface area (Å²) in [6.07, 6.45) is 1.09. The van der Waals surface area contributed by atoms with Gasteiger partial charge in [0, 0.05) is 54.6 Å². The molecule has 9 nitrogen and oxygen atoms in total. The van der Waals surface area contributed by atoms with Gasteiger partial charge in [0.15, 0.2) is 12.4 Å². The van der Waals surface area contributed by atoms with Crippen LogP contribution in [0.5, 0.6) is 5.75 Å². The fraction of sp³-hybridized carbons (Fsp3) is 0.320. The van der Waals surface area contributed by atoms with Gasteiger partial charge in [-0.3, -0.25) is 4.98 Å². The maximum atomic E-state index is 13.4. The van der Waals surface area contributed by atoms with Crippen LogP contribution in [-0.2, 0) is 0 Å². The number of rotatable bonds is 6. The van der Waals surface area contributed by atoms with Crippen LogP contribution in [0.1, 0.15) is 17.5 Å². The lowest BCUT2D eigenvalue weighted by molar-refractivity contribution is -0.115. The molecule has 6 rings (SSSR count). The van der Waals surface area contributed by atoms with E-state index in [0.29, 0.717) is 16.0 Å². The van der Waals surface area contributed by atoms with Crippen molar-refractivity contribution in [2.45, 2.75) is 19.3 Å².